The summed E-state index contributed by atoms with van der Waals surface area (Å²) in [5.41, 5.74) is 2.49. The molecule has 0 fully saturated rings. The molecule has 2 rings (SSSR count). The molecule has 4 nitrogen and oxygen atoms in total. The van der Waals surface area contributed by atoms with Crippen LogP contribution in [0, 0.1) is 0 Å². The second kappa shape index (κ2) is 6.20. The second-order valence-corrected chi connectivity index (χ2v) is 5.22. The van der Waals surface area contributed by atoms with Crippen LogP contribution in [0.15, 0.2) is 17.0 Å². The maximum Gasteiger partial charge on any atom is 0.453 e. The van der Waals surface area contributed by atoms with Crippen molar-refractivity contribution in [3.05, 3.63) is 29.1 Å². The van der Waals surface area contributed by atoms with E-state index < -0.39 is 12.0 Å². The number of nitrogens with zero attached hydrogens (tertiary/aromatic N) is 3. The number of thiol groups is 1. The summed E-state index contributed by atoms with van der Waals surface area (Å²) in [6, 6.07) is 3.68. The van der Waals surface area contributed by atoms with Gasteiger partial charge in [0.05, 0.1) is 5.69 Å². The first-order chi connectivity index (χ1) is 10.3. The molecular weight excluding hydrogens is 313 g/mol. The number of hydrogen-bond donors (Lipinski definition) is 2. The van der Waals surface area contributed by atoms with E-state index in [0.717, 1.165) is 22.4 Å². The summed E-state index contributed by atoms with van der Waals surface area (Å²) >= 11 is 4.41. The minimum atomic E-state index is -4.59. The van der Waals surface area contributed by atoms with Crippen LogP contribution in [0.2, 0.25) is 0 Å². The molecule has 0 saturated heterocycles. The van der Waals surface area contributed by atoms with Crippen LogP contribution in [0.1, 0.15) is 30.8 Å². The predicted octanol–water partition coefficient (Wildman–Crippen LogP) is 3.74. The van der Waals surface area contributed by atoms with Gasteiger partial charge in [0.1, 0.15) is 0 Å². The summed E-state index contributed by atoms with van der Waals surface area (Å²) < 4.78 is 39.7. The molecule has 0 amide bonds. The number of benzene rings is 1. The van der Waals surface area contributed by atoms with E-state index in [2.05, 4.69) is 28.0 Å². The molecule has 1 aromatic heterocycles. The quantitative estimate of drug-likeness (QED) is 0.839. The average Bonchev–Trinajstić information content (AvgIpc) is 2.91. The Morgan fingerprint density at radius 1 is 1.18 bits per heavy atom. The minimum absolute atomic E-state index is 0.0407. The molecule has 1 aromatic carbocycles. The first-order valence-corrected chi connectivity index (χ1v) is 7.33. The van der Waals surface area contributed by atoms with Crippen molar-refractivity contribution in [3.8, 4) is 5.69 Å². The van der Waals surface area contributed by atoms with E-state index in [1.54, 1.807) is 6.07 Å². The summed E-state index contributed by atoms with van der Waals surface area (Å²) in [6.45, 7) is 3.95. The largest absolute Gasteiger partial charge is 0.453 e. The number of alkyl halides is 3. The fourth-order valence-corrected chi connectivity index (χ4v) is 2.54. The first-order valence-electron chi connectivity index (χ1n) is 6.88. The van der Waals surface area contributed by atoms with Gasteiger partial charge in [-0.05, 0) is 30.0 Å². The molecule has 0 aliphatic heterocycles. The maximum atomic E-state index is 12.8. The SMILES string of the molecule is CCc1cc(CC)c(-n2nc(C(F)(F)F)nc2NC)cc1S. The molecule has 120 valence electrons. The molecular formula is C14H17F3N4S. The van der Waals surface area contributed by atoms with Gasteiger partial charge >= 0.3 is 6.18 Å². The summed E-state index contributed by atoms with van der Waals surface area (Å²) in [6.07, 6.45) is -3.12. The zero-order valence-corrected chi connectivity index (χ0v) is 13.4. The van der Waals surface area contributed by atoms with Gasteiger partial charge in [-0.15, -0.1) is 17.7 Å². The number of aromatic nitrogens is 3. The van der Waals surface area contributed by atoms with Crippen LogP contribution in [-0.2, 0) is 19.0 Å². The summed E-state index contributed by atoms with van der Waals surface area (Å²) in [5, 5.41) is 6.26. The van der Waals surface area contributed by atoms with Crippen LogP contribution >= 0.6 is 12.6 Å². The Kier molecular flexibility index (Phi) is 4.69. The fraction of sp³-hybridized carbons (Fsp3) is 0.429. The molecule has 2 aromatic rings. The van der Waals surface area contributed by atoms with Gasteiger partial charge in [0.25, 0.3) is 5.82 Å². The number of nitrogens with one attached hydrogen (secondary N) is 1. The third-order valence-corrected chi connectivity index (χ3v) is 3.77. The van der Waals surface area contributed by atoms with Crippen LogP contribution < -0.4 is 5.32 Å². The topological polar surface area (TPSA) is 42.7 Å². The lowest BCUT2D eigenvalue weighted by molar-refractivity contribution is -0.144. The number of rotatable bonds is 4. The van der Waals surface area contributed by atoms with Crippen molar-refractivity contribution in [2.75, 3.05) is 12.4 Å². The van der Waals surface area contributed by atoms with Gasteiger partial charge < -0.3 is 5.32 Å². The zero-order valence-electron chi connectivity index (χ0n) is 12.5. The molecule has 0 bridgehead atoms. The van der Waals surface area contributed by atoms with Crippen molar-refractivity contribution in [2.45, 2.75) is 37.8 Å². The van der Waals surface area contributed by atoms with E-state index in [1.807, 2.05) is 19.9 Å². The Labute approximate surface area is 132 Å². The van der Waals surface area contributed by atoms with E-state index in [9.17, 15) is 13.2 Å². The molecule has 8 heteroatoms. The summed E-state index contributed by atoms with van der Waals surface area (Å²) in [4.78, 5) is 4.24. The van der Waals surface area contributed by atoms with Gasteiger partial charge in [-0.1, -0.05) is 19.9 Å². The second-order valence-electron chi connectivity index (χ2n) is 4.74. The lowest BCUT2D eigenvalue weighted by atomic mass is 10.0. The first kappa shape index (κ1) is 16.7. The number of halogens is 3. The van der Waals surface area contributed by atoms with Crippen LogP contribution in [0.5, 0.6) is 0 Å². The number of hydrogen-bond acceptors (Lipinski definition) is 4. The van der Waals surface area contributed by atoms with Gasteiger partial charge in [0.2, 0.25) is 5.95 Å². The van der Waals surface area contributed by atoms with Gasteiger partial charge in [0.15, 0.2) is 0 Å². The number of aryl methyl sites for hydroxylation is 2. The maximum absolute atomic E-state index is 12.8. The molecule has 0 spiro atoms. The highest BCUT2D eigenvalue weighted by atomic mass is 32.1. The van der Waals surface area contributed by atoms with Crippen LogP contribution in [0.4, 0.5) is 19.1 Å². The third-order valence-electron chi connectivity index (χ3n) is 3.35. The summed E-state index contributed by atoms with van der Waals surface area (Å²) in [7, 11) is 1.51. The predicted molar refractivity (Wildman–Crippen MR) is 81.9 cm³/mol. The molecule has 0 saturated carbocycles. The highest BCUT2D eigenvalue weighted by molar-refractivity contribution is 7.80. The highest BCUT2D eigenvalue weighted by Crippen LogP contribution is 2.30. The molecule has 0 aliphatic rings. The molecule has 1 N–H and O–H groups in total. The Morgan fingerprint density at radius 2 is 1.82 bits per heavy atom. The van der Waals surface area contributed by atoms with Gasteiger partial charge in [-0.25, -0.2) is 0 Å². The highest BCUT2D eigenvalue weighted by Gasteiger charge is 2.37. The molecule has 0 radical (unpaired) electrons. The van der Waals surface area contributed by atoms with Crippen LogP contribution in [0.3, 0.4) is 0 Å². The van der Waals surface area contributed by atoms with Crippen molar-refractivity contribution < 1.29 is 13.2 Å². The monoisotopic (exact) mass is 330 g/mol. The van der Waals surface area contributed by atoms with E-state index in [-0.39, 0.29) is 5.95 Å². The Morgan fingerprint density at radius 3 is 2.32 bits per heavy atom. The average molecular weight is 330 g/mol. The van der Waals surface area contributed by atoms with Gasteiger partial charge in [-0.2, -0.15) is 22.8 Å². The Balaban J connectivity index is 2.65. The lowest BCUT2D eigenvalue weighted by Crippen LogP contribution is -2.09. The molecule has 0 unspecified atom stereocenters. The fourth-order valence-electron chi connectivity index (χ4n) is 2.20. The van der Waals surface area contributed by atoms with Crippen LogP contribution in [0.25, 0.3) is 5.69 Å². The summed E-state index contributed by atoms with van der Waals surface area (Å²) in [5.74, 6) is -1.13. The van der Waals surface area contributed by atoms with Crippen molar-refractivity contribution in [3.63, 3.8) is 0 Å². The lowest BCUT2D eigenvalue weighted by Gasteiger charge is -2.13. The molecule has 0 aliphatic carbocycles. The molecule has 22 heavy (non-hydrogen) atoms. The Bertz CT molecular complexity index is 679. The van der Waals surface area contributed by atoms with Crippen LogP contribution in [-0.4, -0.2) is 21.8 Å². The standard InChI is InChI=1S/C14H17F3N4S/c1-4-8-6-9(5-2)11(22)7-10(8)21-13(18-3)19-12(20-21)14(15,16)17/h6-7,22H,4-5H2,1-3H3,(H,18,19,20). The van der Waals surface area contributed by atoms with Crippen molar-refractivity contribution in [2.24, 2.45) is 0 Å². The van der Waals surface area contributed by atoms with Crippen molar-refractivity contribution in [1.29, 1.82) is 0 Å². The van der Waals surface area contributed by atoms with E-state index in [0.29, 0.717) is 12.1 Å². The van der Waals surface area contributed by atoms with E-state index in [1.165, 1.54) is 11.7 Å². The van der Waals surface area contributed by atoms with Gasteiger partial charge in [0, 0.05) is 11.9 Å². The Hall–Kier alpha value is -1.70. The van der Waals surface area contributed by atoms with Gasteiger partial charge in [-0.3, -0.25) is 0 Å². The molecule has 0 atom stereocenters. The third kappa shape index (κ3) is 3.06. The zero-order chi connectivity index (χ0) is 16.5. The van der Waals surface area contributed by atoms with Crippen molar-refractivity contribution >= 4 is 18.6 Å². The van der Waals surface area contributed by atoms with E-state index >= 15 is 0 Å². The molecule has 1 heterocycles. The minimum Gasteiger partial charge on any atom is -0.357 e. The van der Waals surface area contributed by atoms with Crippen molar-refractivity contribution in [1.82, 2.24) is 14.8 Å². The number of anilines is 1. The van der Waals surface area contributed by atoms with E-state index in [4.69, 9.17) is 0 Å². The smallest absolute Gasteiger partial charge is 0.357 e. The normalized spacial score (nSPS) is 11.8.